The summed E-state index contributed by atoms with van der Waals surface area (Å²) < 4.78 is 1.88. The number of nitrogens with zero attached hydrogens (tertiary/aromatic N) is 5. The summed E-state index contributed by atoms with van der Waals surface area (Å²) in [5.41, 5.74) is 3.44. The first-order valence-corrected chi connectivity index (χ1v) is 8.39. The van der Waals surface area contributed by atoms with Crippen molar-refractivity contribution in [2.75, 3.05) is 13.2 Å². The van der Waals surface area contributed by atoms with E-state index in [2.05, 4.69) is 52.5 Å². The molecule has 0 aliphatic heterocycles. The lowest BCUT2D eigenvalue weighted by Gasteiger charge is -2.21. The molecule has 1 aliphatic carbocycles. The molecule has 1 N–H and O–H groups in total. The van der Waals surface area contributed by atoms with Crippen molar-refractivity contribution in [1.82, 2.24) is 25.1 Å². The number of benzene rings is 1. The number of unbranched alkanes of at least 4 members (excludes halogenated alkanes) is 1. The van der Waals surface area contributed by atoms with Gasteiger partial charge >= 0.3 is 0 Å². The Hall–Kier alpha value is -1.79. The maximum Gasteiger partial charge on any atom is 0.170 e. The highest BCUT2D eigenvalue weighted by atomic mass is 16.2. The third kappa shape index (κ3) is 3.76. The quantitative estimate of drug-likeness (QED) is 0.755. The summed E-state index contributed by atoms with van der Waals surface area (Å²) >= 11 is 0. The topological polar surface area (TPSA) is 67.1 Å². The van der Waals surface area contributed by atoms with E-state index < -0.39 is 0 Å². The highest BCUT2D eigenvalue weighted by molar-refractivity contribution is 5.46. The molecule has 6 heteroatoms. The Morgan fingerprint density at radius 1 is 1.22 bits per heavy atom. The summed E-state index contributed by atoms with van der Waals surface area (Å²) in [6.45, 7) is 6.20. The largest absolute Gasteiger partial charge is 0.396 e. The molecular formula is C17H25N5O. The van der Waals surface area contributed by atoms with E-state index in [0.717, 1.165) is 37.4 Å². The van der Waals surface area contributed by atoms with E-state index in [1.807, 2.05) is 4.68 Å². The van der Waals surface area contributed by atoms with Crippen molar-refractivity contribution in [1.29, 1.82) is 0 Å². The van der Waals surface area contributed by atoms with Crippen LogP contribution in [0.3, 0.4) is 0 Å². The molecule has 124 valence electrons. The molecule has 0 spiro atoms. The number of rotatable bonds is 8. The van der Waals surface area contributed by atoms with Crippen molar-refractivity contribution in [3.05, 3.63) is 35.2 Å². The number of tetrazole rings is 1. The first-order chi connectivity index (χ1) is 11.2. The maximum atomic E-state index is 8.99. The number of aliphatic hydroxyl groups is 1. The average Bonchev–Trinajstić information content (AvgIpc) is 3.28. The second kappa shape index (κ2) is 7.19. The minimum Gasteiger partial charge on any atom is -0.396 e. The lowest BCUT2D eigenvalue weighted by molar-refractivity contribution is 0.223. The lowest BCUT2D eigenvalue weighted by atomic mass is 10.1. The van der Waals surface area contributed by atoms with E-state index in [1.54, 1.807) is 0 Å². The van der Waals surface area contributed by atoms with Gasteiger partial charge in [-0.25, -0.2) is 0 Å². The van der Waals surface area contributed by atoms with Gasteiger partial charge in [0.1, 0.15) is 0 Å². The van der Waals surface area contributed by atoms with E-state index >= 15 is 0 Å². The van der Waals surface area contributed by atoms with Gasteiger partial charge in [-0.3, -0.25) is 4.90 Å². The fourth-order valence-corrected chi connectivity index (χ4v) is 3.06. The zero-order valence-electron chi connectivity index (χ0n) is 13.9. The van der Waals surface area contributed by atoms with Crippen LogP contribution in [0.2, 0.25) is 0 Å². The van der Waals surface area contributed by atoms with Gasteiger partial charge in [0, 0.05) is 12.6 Å². The third-order valence-electron chi connectivity index (χ3n) is 4.45. The second-order valence-corrected chi connectivity index (χ2v) is 6.38. The molecule has 0 atom stereocenters. The van der Waals surface area contributed by atoms with E-state index in [9.17, 15) is 0 Å². The van der Waals surface area contributed by atoms with E-state index in [0.29, 0.717) is 6.04 Å². The Balaban J connectivity index is 1.80. The van der Waals surface area contributed by atoms with Gasteiger partial charge in [-0.2, -0.15) is 4.68 Å². The molecular weight excluding hydrogens is 290 g/mol. The number of aryl methyl sites for hydroxylation is 2. The van der Waals surface area contributed by atoms with Gasteiger partial charge in [0.25, 0.3) is 0 Å². The van der Waals surface area contributed by atoms with Crippen LogP contribution in [-0.4, -0.2) is 49.4 Å². The molecule has 0 radical (unpaired) electrons. The minimum absolute atomic E-state index is 0.263. The molecule has 0 saturated heterocycles. The van der Waals surface area contributed by atoms with Crippen LogP contribution in [0, 0.1) is 13.8 Å². The summed E-state index contributed by atoms with van der Waals surface area (Å²) in [5.74, 6) is 0.887. The van der Waals surface area contributed by atoms with Crippen molar-refractivity contribution in [2.24, 2.45) is 0 Å². The third-order valence-corrected chi connectivity index (χ3v) is 4.45. The summed E-state index contributed by atoms with van der Waals surface area (Å²) in [4.78, 5) is 2.45. The summed E-state index contributed by atoms with van der Waals surface area (Å²) in [5, 5.41) is 21.4. The van der Waals surface area contributed by atoms with Crippen LogP contribution < -0.4 is 0 Å². The number of aromatic nitrogens is 4. The molecule has 1 fully saturated rings. The number of aliphatic hydroxyl groups excluding tert-OH is 1. The van der Waals surface area contributed by atoms with Gasteiger partial charge in [-0.05, 0) is 67.6 Å². The first-order valence-electron chi connectivity index (χ1n) is 8.39. The normalized spacial score (nSPS) is 14.6. The molecule has 0 unspecified atom stereocenters. The molecule has 0 amide bonds. The molecule has 1 aromatic heterocycles. The van der Waals surface area contributed by atoms with Crippen molar-refractivity contribution in [2.45, 2.75) is 52.1 Å². The molecule has 2 aromatic rings. The van der Waals surface area contributed by atoms with Crippen LogP contribution in [-0.2, 0) is 6.54 Å². The average molecular weight is 315 g/mol. The second-order valence-electron chi connectivity index (χ2n) is 6.38. The summed E-state index contributed by atoms with van der Waals surface area (Å²) in [6.07, 6.45) is 4.37. The molecule has 0 bridgehead atoms. The van der Waals surface area contributed by atoms with Gasteiger partial charge in [0.05, 0.1) is 12.2 Å². The Morgan fingerprint density at radius 3 is 2.61 bits per heavy atom. The van der Waals surface area contributed by atoms with E-state index in [-0.39, 0.29) is 6.61 Å². The monoisotopic (exact) mass is 315 g/mol. The van der Waals surface area contributed by atoms with Gasteiger partial charge < -0.3 is 5.11 Å². The van der Waals surface area contributed by atoms with Gasteiger partial charge in [-0.1, -0.05) is 18.2 Å². The molecule has 1 saturated carbocycles. The fourth-order valence-electron chi connectivity index (χ4n) is 3.06. The van der Waals surface area contributed by atoms with Gasteiger partial charge in [0.15, 0.2) is 5.82 Å². The van der Waals surface area contributed by atoms with Crippen molar-refractivity contribution in [3.63, 3.8) is 0 Å². The van der Waals surface area contributed by atoms with Crippen molar-refractivity contribution in [3.8, 4) is 5.69 Å². The predicted molar refractivity (Wildman–Crippen MR) is 88.4 cm³/mol. The lowest BCUT2D eigenvalue weighted by Crippen LogP contribution is -2.28. The molecule has 6 nitrogen and oxygen atoms in total. The zero-order chi connectivity index (χ0) is 16.2. The van der Waals surface area contributed by atoms with Crippen LogP contribution in [0.5, 0.6) is 0 Å². The SMILES string of the molecule is Cc1cccc(C)c1-n1nnnc1CN(CCCCO)C1CC1. The maximum absolute atomic E-state index is 8.99. The number of hydrogen-bond donors (Lipinski definition) is 1. The van der Waals surface area contributed by atoms with Gasteiger partial charge in [0.2, 0.25) is 0 Å². The minimum atomic E-state index is 0.263. The van der Waals surface area contributed by atoms with Gasteiger partial charge in [-0.15, -0.1) is 5.10 Å². The summed E-state index contributed by atoms with van der Waals surface area (Å²) in [6, 6.07) is 6.89. The molecule has 1 aromatic carbocycles. The van der Waals surface area contributed by atoms with Crippen LogP contribution in [0.15, 0.2) is 18.2 Å². The summed E-state index contributed by atoms with van der Waals surface area (Å²) in [7, 11) is 0. The molecule has 3 rings (SSSR count). The van der Waals surface area contributed by atoms with Crippen molar-refractivity contribution >= 4 is 0 Å². The highest BCUT2D eigenvalue weighted by Gasteiger charge is 2.30. The molecule has 23 heavy (non-hydrogen) atoms. The standard InChI is InChI=1S/C17H25N5O/c1-13-6-5-7-14(2)17(13)22-16(18-19-20-22)12-21(15-8-9-15)10-3-4-11-23/h5-7,15,23H,3-4,8-12H2,1-2H3. The van der Waals surface area contributed by atoms with E-state index in [1.165, 1.54) is 24.0 Å². The Labute approximate surface area is 137 Å². The zero-order valence-corrected chi connectivity index (χ0v) is 13.9. The highest BCUT2D eigenvalue weighted by Crippen LogP contribution is 2.29. The van der Waals surface area contributed by atoms with Crippen LogP contribution in [0.25, 0.3) is 5.69 Å². The Bertz CT molecular complexity index is 630. The fraction of sp³-hybridized carbons (Fsp3) is 0.588. The number of para-hydroxylation sites is 1. The Morgan fingerprint density at radius 2 is 1.96 bits per heavy atom. The smallest absolute Gasteiger partial charge is 0.170 e. The Kier molecular flexibility index (Phi) is 5.03. The van der Waals surface area contributed by atoms with Crippen LogP contribution in [0.1, 0.15) is 42.6 Å². The van der Waals surface area contributed by atoms with E-state index in [4.69, 9.17) is 5.11 Å². The van der Waals surface area contributed by atoms with Crippen LogP contribution in [0.4, 0.5) is 0 Å². The predicted octanol–water partition coefficient (Wildman–Crippen LogP) is 2.02. The molecule has 1 heterocycles. The van der Waals surface area contributed by atoms with Crippen LogP contribution >= 0.6 is 0 Å². The van der Waals surface area contributed by atoms with Crippen molar-refractivity contribution < 1.29 is 5.11 Å². The number of hydrogen-bond acceptors (Lipinski definition) is 5. The molecule has 1 aliphatic rings. The first kappa shape index (κ1) is 16.1.